The molecule has 2 aromatic carbocycles. The maximum atomic E-state index is 12.6. The summed E-state index contributed by atoms with van der Waals surface area (Å²) in [5.74, 6) is -0.107. The van der Waals surface area contributed by atoms with Crippen LogP contribution in [0, 0.1) is 0 Å². The first kappa shape index (κ1) is 17.3. The highest BCUT2D eigenvalue weighted by molar-refractivity contribution is 5.94. The number of carbonyl (C=O) groups is 1. The number of amides is 1. The number of benzene rings is 2. The quantitative estimate of drug-likeness (QED) is 0.758. The van der Waals surface area contributed by atoms with Crippen molar-refractivity contribution < 1.29 is 9.53 Å². The van der Waals surface area contributed by atoms with Crippen molar-refractivity contribution in [2.24, 2.45) is 0 Å². The van der Waals surface area contributed by atoms with E-state index in [-0.39, 0.29) is 12.0 Å². The molecule has 1 fully saturated rings. The van der Waals surface area contributed by atoms with E-state index in [2.05, 4.69) is 27.4 Å². The summed E-state index contributed by atoms with van der Waals surface area (Å²) >= 11 is 0. The van der Waals surface area contributed by atoms with E-state index < -0.39 is 0 Å². The van der Waals surface area contributed by atoms with Crippen molar-refractivity contribution in [1.82, 2.24) is 15.1 Å². The number of para-hydroxylation sites is 1. The van der Waals surface area contributed by atoms with Crippen LogP contribution in [0.4, 0.5) is 5.69 Å². The zero-order valence-corrected chi connectivity index (χ0v) is 15.0. The average Bonchev–Trinajstić information content (AvgIpc) is 3.28. The first-order valence-corrected chi connectivity index (χ1v) is 9.09. The van der Waals surface area contributed by atoms with Gasteiger partial charge in [0.15, 0.2) is 0 Å². The lowest BCUT2D eigenvalue weighted by atomic mass is 10.1. The van der Waals surface area contributed by atoms with Crippen molar-refractivity contribution in [2.45, 2.75) is 6.10 Å². The van der Waals surface area contributed by atoms with Gasteiger partial charge in [0.1, 0.15) is 0 Å². The van der Waals surface area contributed by atoms with Crippen LogP contribution in [-0.4, -0.2) is 48.0 Å². The van der Waals surface area contributed by atoms with E-state index in [1.165, 1.54) is 5.69 Å². The Kier molecular flexibility index (Phi) is 5.16. The van der Waals surface area contributed by atoms with Gasteiger partial charge in [-0.25, -0.2) is 4.68 Å². The maximum absolute atomic E-state index is 12.6. The summed E-state index contributed by atoms with van der Waals surface area (Å²) in [5.41, 5.74) is 2.65. The van der Waals surface area contributed by atoms with Crippen LogP contribution in [0.1, 0.15) is 10.4 Å². The third-order valence-corrected chi connectivity index (χ3v) is 4.63. The molecule has 0 aliphatic carbocycles. The summed E-state index contributed by atoms with van der Waals surface area (Å²) in [6.45, 7) is 2.76. The molecule has 2 heterocycles. The van der Waals surface area contributed by atoms with Crippen molar-refractivity contribution >= 4 is 11.6 Å². The molecule has 1 saturated heterocycles. The maximum Gasteiger partial charge on any atom is 0.251 e. The van der Waals surface area contributed by atoms with Crippen LogP contribution in [0.15, 0.2) is 73.1 Å². The Morgan fingerprint density at radius 2 is 1.96 bits per heavy atom. The lowest BCUT2D eigenvalue weighted by Gasteiger charge is -2.34. The number of ether oxygens (including phenoxy) is 1. The fourth-order valence-corrected chi connectivity index (χ4v) is 3.24. The van der Waals surface area contributed by atoms with Gasteiger partial charge in [-0.2, -0.15) is 5.10 Å². The van der Waals surface area contributed by atoms with Gasteiger partial charge in [-0.15, -0.1) is 0 Å². The summed E-state index contributed by atoms with van der Waals surface area (Å²) in [6, 6.07) is 19.6. The molecular formula is C21H22N4O2. The Morgan fingerprint density at radius 3 is 2.78 bits per heavy atom. The van der Waals surface area contributed by atoms with E-state index in [0.717, 1.165) is 18.8 Å². The molecule has 1 aliphatic heterocycles. The molecule has 6 heteroatoms. The summed E-state index contributed by atoms with van der Waals surface area (Å²) in [7, 11) is 0. The van der Waals surface area contributed by atoms with Crippen molar-refractivity contribution in [3.63, 3.8) is 0 Å². The van der Waals surface area contributed by atoms with Crippen molar-refractivity contribution in [2.75, 3.05) is 31.1 Å². The van der Waals surface area contributed by atoms with E-state index in [1.807, 2.05) is 48.7 Å². The fourth-order valence-electron chi connectivity index (χ4n) is 3.24. The number of anilines is 1. The normalized spacial score (nSPS) is 16.9. The number of morpholine rings is 1. The average molecular weight is 362 g/mol. The molecule has 0 radical (unpaired) electrons. The Bertz CT molecular complexity index is 880. The van der Waals surface area contributed by atoms with E-state index in [4.69, 9.17) is 4.74 Å². The molecule has 1 N–H and O–H groups in total. The van der Waals surface area contributed by atoms with Crippen molar-refractivity contribution in [3.05, 3.63) is 78.6 Å². The molecule has 0 unspecified atom stereocenters. The Labute approximate surface area is 158 Å². The molecule has 3 aromatic rings. The zero-order chi connectivity index (χ0) is 18.5. The third kappa shape index (κ3) is 4.17. The molecule has 0 saturated carbocycles. The third-order valence-electron chi connectivity index (χ3n) is 4.63. The molecule has 27 heavy (non-hydrogen) atoms. The predicted octanol–water partition coefficient (Wildman–Crippen LogP) is 2.51. The van der Waals surface area contributed by atoms with Gasteiger partial charge < -0.3 is 15.0 Å². The number of hydrogen-bond donors (Lipinski definition) is 1. The molecule has 1 aromatic heterocycles. The Morgan fingerprint density at radius 1 is 1.11 bits per heavy atom. The van der Waals surface area contributed by atoms with Crippen LogP contribution in [0.5, 0.6) is 0 Å². The monoisotopic (exact) mass is 362 g/mol. The number of carbonyl (C=O) groups excluding carboxylic acids is 1. The first-order chi connectivity index (χ1) is 13.3. The lowest BCUT2D eigenvalue weighted by Crippen LogP contribution is -2.47. The van der Waals surface area contributed by atoms with Crippen LogP contribution in [0.25, 0.3) is 5.69 Å². The summed E-state index contributed by atoms with van der Waals surface area (Å²) in [4.78, 5) is 14.8. The van der Waals surface area contributed by atoms with Gasteiger partial charge in [0.05, 0.1) is 18.4 Å². The second kappa shape index (κ2) is 8.05. The molecule has 1 aliphatic rings. The molecule has 1 atom stereocenters. The predicted molar refractivity (Wildman–Crippen MR) is 104 cm³/mol. The van der Waals surface area contributed by atoms with Crippen LogP contribution in [0.2, 0.25) is 0 Å². The van der Waals surface area contributed by atoms with Crippen LogP contribution in [0.3, 0.4) is 0 Å². The van der Waals surface area contributed by atoms with Gasteiger partial charge in [-0.05, 0) is 36.4 Å². The van der Waals surface area contributed by atoms with Gasteiger partial charge >= 0.3 is 0 Å². The smallest absolute Gasteiger partial charge is 0.251 e. The summed E-state index contributed by atoms with van der Waals surface area (Å²) in [5, 5.41) is 7.20. The summed E-state index contributed by atoms with van der Waals surface area (Å²) < 4.78 is 7.56. The molecule has 138 valence electrons. The van der Waals surface area contributed by atoms with Gasteiger partial charge in [-0.1, -0.05) is 24.3 Å². The number of aromatic nitrogens is 2. The van der Waals surface area contributed by atoms with Crippen molar-refractivity contribution in [3.8, 4) is 5.69 Å². The van der Waals surface area contributed by atoms with Gasteiger partial charge in [0, 0.05) is 43.3 Å². The minimum Gasteiger partial charge on any atom is -0.373 e. The number of nitrogens with zero attached hydrogens (tertiary/aromatic N) is 3. The second-order valence-corrected chi connectivity index (χ2v) is 6.49. The van der Waals surface area contributed by atoms with Crippen LogP contribution in [-0.2, 0) is 4.74 Å². The largest absolute Gasteiger partial charge is 0.373 e. The van der Waals surface area contributed by atoms with Crippen molar-refractivity contribution in [1.29, 1.82) is 0 Å². The van der Waals surface area contributed by atoms with Gasteiger partial charge in [-0.3, -0.25) is 4.79 Å². The number of nitrogens with one attached hydrogen (secondary N) is 1. The lowest BCUT2D eigenvalue weighted by molar-refractivity contribution is 0.0397. The number of hydrogen-bond acceptors (Lipinski definition) is 4. The molecule has 4 rings (SSSR count). The molecular weight excluding hydrogens is 340 g/mol. The summed E-state index contributed by atoms with van der Waals surface area (Å²) in [6.07, 6.45) is 3.54. The molecule has 0 bridgehead atoms. The van der Waals surface area contributed by atoms with E-state index in [9.17, 15) is 4.79 Å². The topological polar surface area (TPSA) is 59.4 Å². The minimum absolute atomic E-state index is 0.0304. The van der Waals surface area contributed by atoms with Gasteiger partial charge in [0.25, 0.3) is 5.91 Å². The highest BCUT2D eigenvalue weighted by Gasteiger charge is 2.21. The molecule has 0 spiro atoms. The van der Waals surface area contributed by atoms with E-state index >= 15 is 0 Å². The highest BCUT2D eigenvalue weighted by atomic mass is 16.5. The Hall–Kier alpha value is -3.12. The molecule has 1 amide bonds. The fraction of sp³-hybridized carbons (Fsp3) is 0.238. The zero-order valence-electron chi connectivity index (χ0n) is 15.0. The van der Waals surface area contributed by atoms with Gasteiger partial charge in [0.2, 0.25) is 0 Å². The number of rotatable bonds is 5. The van der Waals surface area contributed by atoms with E-state index in [0.29, 0.717) is 18.7 Å². The SMILES string of the molecule is O=C(NC[C@H]1CN(c2ccccc2)CCO1)c1cccc(-n2cccn2)c1. The minimum atomic E-state index is -0.107. The first-order valence-electron chi connectivity index (χ1n) is 9.09. The van der Waals surface area contributed by atoms with Crippen LogP contribution < -0.4 is 10.2 Å². The molecule has 6 nitrogen and oxygen atoms in total. The second-order valence-electron chi connectivity index (χ2n) is 6.49. The van der Waals surface area contributed by atoms with E-state index in [1.54, 1.807) is 16.9 Å². The standard InChI is InChI=1S/C21H22N4O2/c26-21(17-6-4-9-19(14-17)25-11-5-10-23-25)22-15-20-16-24(12-13-27-20)18-7-2-1-3-8-18/h1-11,14,20H,12-13,15-16H2,(H,22,26)/t20-/m0/s1. The highest BCUT2D eigenvalue weighted by Crippen LogP contribution is 2.17. The Balaban J connectivity index is 1.36. The van der Waals surface area contributed by atoms with Crippen LogP contribution >= 0.6 is 0 Å².